The predicted molar refractivity (Wildman–Crippen MR) is 142 cm³/mol. The lowest BCUT2D eigenvalue weighted by Crippen LogP contribution is -2.48. The van der Waals surface area contributed by atoms with Crippen LogP contribution in [0.4, 0.5) is 5.82 Å². The number of hydrogen-bond donors (Lipinski definition) is 2. The van der Waals surface area contributed by atoms with Crippen LogP contribution in [0, 0.1) is 28.1 Å². The van der Waals surface area contributed by atoms with Gasteiger partial charge in [0.25, 0.3) is 0 Å². The number of benzene rings is 1. The molecule has 1 saturated heterocycles. The molecule has 0 bridgehead atoms. The molecule has 0 saturated carbocycles. The van der Waals surface area contributed by atoms with E-state index in [9.17, 15) is 15.3 Å². The number of thioether (sulfide) groups is 1. The van der Waals surface area contributed by atoms with E-state index in [0.717, 1.165) is 23.9 Å². The highest BCUT2D eigenvalue weighted by molar-refractivity contribution is 8.00. The van der Waals surface area contributed by atoms with Crippen molar-refractivity contribution in [2.75, 3.05) is 37.7 Å². The Bertz CT molecular complexity index is 1150. The number of aromatic nitrogens is 1. The molecule has 1 amide bonds. The molecule has 1 aliphatic heterocycles. The van der Waals surface area contributed by atoms with Crippen molar-refractivity contribution in [2.45, 2.75) is 50.5 Å². The van der Waals surface area contributed by atoms with Crippen molar-refractivity contribution in [2.24, 2.45) is 11.1 Å². The molecule has 9 heteroatoms. The number of carbonyl (C=O) groups excluding carboxylic acids is 1. The number of rotatable bonds is 9. The molecular formula is C27H34N6O2S. The normalized spacial score (nSPS) is 16.7. The van der Waals surface area contributed by atoms with Crippen LogP contribution in [0.3, 0.4) is 0 Å². The molecule has 1 aromatic heterocycles. The first kappa shape index (κ1) is 27.5. The molecule has 2 aromatic rings. The first-order valence-corrected chi connectivity index (χ1v) is 13.0. The fourth-order valence-electron chi connectivity index (χ4n) is 4.17. The summed E-state index contributed by atoms with van der Waals surface area (Å²) >= 11 is 1.16. The Hall–Kier alpha value is -3.11. The van der Waals surface area contributed by atoms with Crippen molar-refractivity contribution >= 4 is 23.5 Å². The zero-order chi connectivity index (χ0) is 26.3. The average Bonchev–Trinajstić information content (AvgIpc) is 2.85. The number of nitrogens with two attached hydrogens (primary N) is 1. The quantitative estimate of drug-likeness (QED) is 0.494. The van der Waals surface area contributed by atoms with E-state index in [4.69, 9.17) is 15.5 Å². The topological polar surface area (TPSA) is 128 Å². The number of carbonyl (C=O) groups is 1. The molecule has 1 unspecified atom stereocenters. The molecule has 1 aromatic carbocycles. The SMILES string of the molecule is CCc1c(C#N)c(SC(C(N)=O)c2ccccc2)nc(N2CCO[C@@H](CNCC(C)(C)C)C2)c1C#N. The fraction of sp³-hybridized carbons (Fsp3) is 0.481. The zero-order valence-electron chi connectivity index (χ0n) is 21.4. The fourth-order valence-corrected chi connectivity index (χ4v) is 5.23. The minimum Gasteiger partial charge on any atom is -0.373 e. The van der Waals surface area contributed by atoms with Crippen molar-refractivity contribution in [3.05, 3.63) is 52.6 Å². The third-order valence-corrected chi connectivity index (χ3v) is 7.14. The molecule has 190 valence electrons. The lowest BCUT2D eigenvalue weighted by molar-refractivity contribution is -0.117. The third kappa shape index (κ3) is 6.76. The Morgan fingerprint density at radius 3 is 2.56 bits per heavy atom. The summed E-state index contributed by atoms with van der Waals surface area (Å²) in [7, 11) is 0. The molecule has 2 heterocycles. The molecule has 1 fully saturated rings. The van der Waals surface area contributed by atoms with E-state index in [-0.39, 0.29) is 11.5 Å². The molecule has 1 aliphatic rings. The monoisotopic (exact) mass is 506 g/mol. The smallest absolute Gasteiger partial charge is 0.235 e. The average molecular weight is 507 g/mol. The van der Waals surface area contributed by atoms with Gasteiger partial charge < -0.3 is 20.7 Å². The van der Waals surface area contributed by atoms with Crippen LogP contribution in [-0.2, 0) is 16.0 Å². The minimum atomic E-state index is -0.713. The maximum absolute atomic E-state index is 12.4. The summed E-state index contributed by atoms with van der Waals surface area (Å²) in [6.07, 6.45) is 0.427. The minimum absolute atomic E-state index is 0.0612. The molecule has 3 N–H and O–H groups in total. The van der Waals surface area contributed by atoms with E-state index < -0.39 is 11.2 Å². The maximum atomic E-state index is 12.4. The largest absolute Gasteiger partial charge is 0.373 e. The first-order valence-electron chi connectivity index (χ1n) is 12.1. The summed E-state index contributed by atoms with van der Waals surface area (Å²) in [5.41, 5.74) is 8.01. The van der Waals surface area contributed by atoms with E-state index >= 15 is 0 Å². The molecule has 0 spiro atoms. The van der Waals surface area contributed by atoms with Crippen LogP contribution in [0.2, 0.25) is 0 Å². The number of anilines is 1. The van der Waals surface area contributed by atoms with Gasteiger partial charge in [0.05, 0.1) is 23.8 Å². The zero-order valence-corrected chi connectivity index (χ0v) is 22.2. The summed E-state index contributed by atoms with van der Waals surface area (Å²) in [6, 6.07) is 13.7. The standard InChI is InChI=1S/C27H34N6O2S/c1-5-20-21(13-28)25(33-11-12-35-19(16-33)15-31-17-27(2,3)4)32-26(22(20)14-29)36-23(24(30)34)18-9-7-6-8-10-18/h6-10,19,23,31H,5,11-12,15-17H2,1-4H3,(H2,30,34)/t19-,23?/m0/s1. The third-order valence-electron chi connectivity index (χ3n) is 5.88. The van der Waals surface area contributed by atoms with Gasteiger partial charge in [0, 0.05) is 26.2 Å². The first-order chi connectivity index (χ1) is 17.2. The molecule has 3 rings (SSSR count). The van der Waals surface area contributed by atoms with E-state index in [1.54, 1.807) is 0 Å². The van der Waals surface area contributed by atoms with Crippen molar-refractivity contribution in [3.8, 4) is 12.1 Å². The van der Waals surface area contributed by atoms with Gasteiger partial charge in [0.2, 0.25) is 5.91 Å². The van der Waals surface area contributed by atoms with E-state index in [1.807, 2.05) is 37.3 Å². The van der Waals surface area contributed by atoms with Crippen molar-refractivity contribution in [1.29, 1.82) is 10.5 Å². The number of amides is 1. The highest BCUT2D eigenvalue weighted by atomic mass is 32.2. The van der Waals surface area contributed by atoms with Gasteiger partial charge in [-0.15, -0.1) is 0 Å². The number of ether oxygens (including phenoxy) is 1. The number of hydrogen-bond acceptors (Lipinski definition) is 8. The number of primary amides is 1. The van der Waals surface area contributed by atoms with Crippen LogP contribution in [0.1, 0.15) is 55.2 Å². The van der Waals surface area contributed by atoms with Crippen LogP contribution in [0.5, 0.6) is 0 Å². The molecule has 2 atom stereocenters. The molecule has 0 aliphatic carbocycles. The van der Waals surface area contributed by atoms with Crippen LogP contribution in [0.25, 0.3) is 0 Å². The Kier molecular flexibility index (Phi) is 9.33. The van der Waals surface area contributed by atoms with E-state index in [1.165, 1.54) is 0 Å². The van der Waals surface area contributed by atoms with Gasteiger partial charge in [-0.3, -0.25) is 4.79 Å². The van der Waals surface area contributed by atoms with E-state index in [2.05, 4.69) is 43.1 Å². The second kappa shape index (κ2) is 12.2. The number of nitrogens with zero attached hydrogens (tertiary/aromatic N) is 4. The van der Waals surface area contributed by atoms with Gasteiger partial charge in [0.15, 0.2) is 0 Å². The summed E-state index contributed by atoms with van der Waals surface area (Å²) in [5, 5.41) is 23.2. The second-order valence-corrected chi connectivity index (χ2v) is 11.1. The summed E-state index contributed by atoms with van der Waals surface area (Å²) in [5.74, 6) is 0.00783. The van der Waals surface area contributed by atoms with Crippen LogP contribution in [-0.4, -0.2) is 49.8 Å². The maximum Gasteiger partial charge on any atom is 0.235 e. The highest BCUT2D eigenvalue weighted by Gasteiger charge is 2.29. The lowest BCUT2D eigenvalue weighted by atomic mass is 9.97. The highest BCUT2D eigenvalue weighted by Crippen LogP contribution is 2.39. The van der Waals surface area contributed by atoms with Gasteiger partial charge in [0.1, 0.15) is 28.2 Å². The summed E-state index contributed by atoms with van der Waals surface area (Å²) < 4.78 is 5.97. The number of nitriles is 2. The van der Waals surface area contributed by atoms with Crippen molar-refractivity contribution in [1.82, 2.24) is 10.3 Å². The Labute approximate surface area is 217 Å². The second-order valence-electron chi connectivity index (χ2n) is 9.99. The van der Waals surface area contributed by atoms with Gasteiger partial charge >= 0.3 is 0 Å². The van der Waals surface area contributed by atoms with Gasteiger partial charge in [-0.1, -0.05) is 69.8 Å². The number of pyridine rings is 1. The van der Waals surface area contributed by atoms with Crippen LogP contribution < -0.4 is 16.0 Å². The summed E-state index contributed by atoms with van der Waals surface area (Å²) in [6.45, 7) is 11.6. The Morgan fingerprint density at radius 2 is 1.97 bits per heavy atom. The van der Waals surface area contributed by atoms with Gasteiger partial charge in [-0.25, -0.2) is 4.98 Å². The van der Waals surface area contributed by atoms with E-state index in [0.29, 0.717) is 60.2 Å². The number of morpholine rings is 1. The van der Waals surface area contributed by atoms with Gasteiger partial charge in [-0.2, -0.15) is 10.5 Å². The van der Waals surface area contributed by atoms with Crippen molar-refractivity contribution < 1.29 is 9.53 Å². The Morgan fingerprint density at radius 1 is 1.28 bits per heavy atom. The van der Waals surface area contributed by atoms with Crippen LogP contribution in [0.15, 0.2) is 35.4 Å². The number of nitrogens with one attached hydrogen (secondary N) is 1. The lowest BCUT2D eigenvalue weighted by Gasteiger charge is -2.35. The Balaban J connectivity index is 1.97. The molecular weight excluding hydrogens is 472 g/mol. The summed E-state index contributed by atoms with van der Waals surface area (Å²) in [4.78, 5) is 19.2. The molecule has 0 radical (unpaired) electrons. The van der Waals surface area contributed by atoms with Crippen LogP contribution >= 0.6 is 11.8 Å². The molecule has 8 nitrogen and oxygen atoms in total. The predicted octanol–water partition coefficient (Wildman–Crippen LogP) is 3.55. The molecule has 36 heavy (non-hydrogen) atoms. The van der Waals surface area contributed by atoms with Gasteiger partial charge in [-0.05, 0) is 23.0 Å². The van der Waals surface area contributed by atoms with Crippen molar-refractivity contribution in [3.63, 3.8) is 0 Å².